The molecule has 7 nitrogen and oxygen atoms in total. The Kier molecular flexibility index (Phi) is 2.97. The van der Waals surface area contributed by atoms with Crippen molar-refractivity contribution < 1.29 is 4.39 Å². The third-order valence-electron chi connectivity index (χ3n) is 3.82. The molecule has 0 aliphatic heterocycles. The van der Waals surface area contributed by atoms with E-state index in [1.807, 2.05) is 37.4 Å². The second-order valence-corrected chi connectivity index (χ2v) is 5.28. The highest BCUT2D eigenvalue weighted by Crippen LogP contribution is 2.29. The number of nitrogen functional groups attached to an aromatic ring is 1. The molecule has 23 heavy (non-hydrogen) atoms. The maximum absolute atomic E-state index is 12.6. The molecule has 0 fully saturated rings. The van der Waals surface area contributed by atoms with Crippen LogP contribution in [0.15, 0.2) is 30.5 Å². The van der Waals surface area contributed by atoms with Gasteiger partial charge in [-0.05, 0) is 30.7 Å². The number of alkyl halides is 1. The van der Waals surface area contributed by atoms with Crippen molar-refractivity contribution in [1.82, 2.24) is 29.6 Å². The Morgan fingerprint density at radius 1 is 1.26 bits per heavy atom. The fourth-order valence-electron chi connectivity index (χ4n) is 2.83. The molecule has 0 aliphatic carbocycles. The molecule has 0 amide bonds. The summed E-state index contributed by atoms with van der Waals surface area (Å²) in [5, 5.41) is 12.2. The highest BCUT2D eigenvalue weighted by molar-refractivity contribution is 5.88. The molecule has 3 heterocycles. The summed E-state index contributed by atoms with van der Waals surface area (Å²) in [7, 11) is 0. The smallest absolute Gasteiger partial charge is 0.238 e. The molecule has 1 aromatic carbocycles. The minimum atomic E-state index is -0.482. The lowest BCUT2D eigenvalue weighted by molar-refractivity contribution is 0.428. The molecule has 0 saturated carbocycles. The van der Waals surface area contributed by atoms with E-state index in [-0.39, 0.29) is 12.5 Å². The van der Waals surface area contributed by atoms with Crippen LogP contribution in [0.25, 0.3) is 27.7 Å². The van der Waals surface area contributed by atoms with Gasteiger partial charge in [-0.1, -0.05) is 11.3 Å². The van der Waals surface area contributed by atoms with Gasteiger partial charge in [0, 0.05) is 11.8 Å². The zero-order valence-corrected chi connectivity index (χ0v) is 12.4. The number of nitrogens with zero attached hydrogens (tertiary/aromatic N) is 6. The molecular formula is C15H14FN7. The maximum atomic E-state index is 12.6. The number of fused-ring (bicyclic) bond motifs is 2. The molecule has 0 aliphatic rings. The van der Waals surface area contributed by atoms with Crippen LogP contribution in [0.3, 0.4) is 0 Å². The van der Waals surface area contributed by atoms with Crippen LogP contribution in [0.4, 0.5) is 10.3 Å². The van der Waals surface area contributed by atoms with Crippen LogP contribution in [-0.4, -0.2) is 36.3 Å². The van der Waals surface area contributed by atoms with Gasteiger partial charge in [0.25, 0.3) is 0 Å². The SMILES string of the molecule is Cc1nc(N)nn2ccc(-c3ccc4nnn(CCF)c4c3)c12. The molecule has 4 aromatic rings. The number of halogens is 1. The molecular weight excluding hydrogens is 297 g/mol. The number of nitrogens with two attached hydrogens (primary N) is 1. The van der Waals surface area contributed by atoms with E-state index in [0.717, 1.165) is 33.4 Å². The van der Waals surface area contributed by atoms with Gasteiger partial charge in [0.15, 0.2) is 0 Å². The summed E-state index contributed by atoms with van der Waals surface area (Å²) in [4.78, 5) is 4.23. The Morgan fingerprint density at radius 3 is 2.96 bits per heavy atom. The minimum absolute atomic E-state index is 0.190. The predicted octanol–water partition coefficient (Wildman–Crippen LogP) is 2.00. The summed E-state index contributed by atoms with van der Waals surface area (Å²) in [6.45, 7) is 1.60. The molecule has 0 spiro atoms. The predicted molar refractivity (Wildman–Crippen MR) is 84.6 cm³/mol. The molecule has 116 valence electrons. The van der Waals surface area contributed by atoms with Gasteiger partial charge in [-0.15, -0.1) is 10.2 Å². The Bertz CT molecular complexity index is 1020. The normalized spacial score (nSPS) is 11.6. The maximum Gasteiger partial charge on any atom is 0.238 e. The van der Waals surface area contributed by atoms with Crippen LogP contribution in [-0.2, 0) is 6.54 Å². The first kappa shape index (κ1) is 13.6. The summed E-state index contributed by atoms with van der Waals surface area (Å²) < 4.78 is 15.9. The number of benzene rings is 1. The summed E-state index contributed by atoms with van der Waals surface area (Å²) in [5.41, 5.74) is 10.9. The minimum Gasteiger partial charge on any atom is -0.367 e. The average molecular weight is 311 g/mol. The second-order valence-electron chi connectivity index (χ2n) is 5.28. The number of aryl methyl sites for hydroxylation is 2. The summed E-state index contributed by atoms with van der Waals surface area (Å²) in [6.07, 6.45) is 1.84. The van der Waals surface area contributed by atoms with Gasteiger partial charge >= 0.3 is 0 Å². The van der Waals surface area contributed by atoms with Crippen molar-refractivity contribution in [3.8, 4) is 11.1 Å². The molecule has 0 saturated heterocycles. The lowest BCUT2D eigenvalue weighted by atomic mass is 10.1. The quantitative estimate of drug-likeness (QED) is 0.625. The topological polar surface area (TPSA) is 86.9 Å². The lowest BCUT2D eigenvalue weighted by Crippen LogP contribution is -2.03. The Hall–Kier alpha value is -3.03. The molecule has 8 heteroatoms. The van der Waals surface area contributed by atoms with Crippen LogP contribution in [0.5, 0.6) is 0 Å². The number of hydrogen-bond donors (Lipinski definition) is 1. The average Bonchev–Trinajstić information content (AvgIpc) is 3.11. The van der Waals surface area contributed by atoms with E-state index in [9.17, 15) is 4.39 Å². The van der Waals surface area contributed by atoms with Crippen molar-refractivity contribution in [2.75, 3.05) is 12.4 Å². The first-order chi connectivity index (χ1) is 11.2. The third kappa shape index (κ3) is 2.10. The first-order valence-electron chi connectivity index (χ1n) is 7.18. The Balaban J connectivity index is 1.93. The monoisotopic (exact) mass is 311 g/mol. The number of hydrogen-bond acceptors (Lipinski definition) is 5. The van der Waals surface area contributed by atoms with Crippen molar-refractivity contribution in [2.24, 2.45) is 0 Å². The molecule has 2 N–H and O–H groups in total. The molecule has 0 unspecified atom stereocenters. The van der Waals surface area contributed by atoms with Crippen LogP contribution in [0, 0.1) is 6.92 Å². The standard InChI is InChI=1S/C15H14FN7/c1-9-14-11(4-6-23(14)20-15(17)18-9)10-2-3-12-13(8-10)22(7-5-16)21-19-12/h2-4,6,8H,5,7H2,1H3,(H2,17,20). The summed E-state index contributed by atoms with van der Waals surface area (Å²) in [6, 6.07) is 7.75. The van der Waals surface area contributed by atoms with Gasteiger partial charge in [0.2, 0.25) is 5.95 Å². The van der Waals surface area contributed by atoms with Crippen molar-refractivity contribution in [3.63, 3.8) is 0 Å². The van der Waals surface area contributed by atoms with Gasteiger partial charge in [0.1, 0.15) is 12.2 Å². The molecule has 0 bridgehead atoms. The number of anilines is 1. The van der Waals surface area contributed by atoms with Crippen LogP contribution in [0.1, 0.15) is 5.69 Å². The fraction of sp³-hybridized carbons (Fsp3) is 0.200. The molecule has 0 atom stereocenters. The van der Waals surface area contributed by atoms with E-state index in [2.05, 4.69) is 20.4 Å². The van der Waals surface area contributed by atoms with Crippen molar-refractivity contribution in [2.45, 2.75) is 13.5 Å². The Labute approximate surface area is 130 Å². The van der Waals surface area contributed by atoms with Crippen molar-refractivity contribution in [3.05, 3.63) is 36.2 Å². The fourth-order valence-corrected chi connectivity index (χ4v) is 2.83. The number of rotatable bonds is 3. The zero-order valence-electron chi connectivity index (χ0n) is 12.4. The van der Waals surface area contributed by atoms with Crippen LogP contribution < -0.4 is 5.73 Å². The van der Waals surface area contributed by atoms with Gasteiger partial charge in [-0.2, -0.15) is 0 Å². The van der Waals surface area contributed by atoms with E-state index >= 15 is 0 Å². The Morgan fingerprint density at radius 2 is 2.13 bits per heavy atom. The van der Waals surface area contributed by atoms with E-state index in [1.54, 1.807) is 9.20 Å². The molecule has 4 rings (SSSR count). The highest BCUT2D eigenvalue weighted by atomic mass is 19.1. The van der Waals surface area contributed by atoms with Crippen molar-refractivity contribution in [1.29, 1.82) is 0 Å². The molecule has 0 radical (unpaired) electrons. The van der Waals surface area contributed by atoms with Gasteiger partial charge in [0.05, 0.1) is 23.3 Å². The van der Waals surface area contributed by atoms with Crippen LogP contribution in [0.2, 0.25) is 0 Å². The van der Waals surface area contributed by atoms with Gasteiger partial charge in [-0.3, -0.25) is 0 Å². The first-order valence-corrected chi connectivity index (χ1v) is 7.18. The largest absolute Gasteiger partial charge is 0.367 e. The summed E-state index contributed by atoms with van der Waals surface area (Å²) >= 11 is 0. The third-order valence-corrected chi connectivity index (χ3v) is 3.82. The van der Waals surface area contributed by atoms with Gasteiger partial charge < -0.3 is 5.73 Å². The van der Waals surface area contributed by atoms with E-state index in [1.165, 1.54) is 0 Å². The van der Waals surface area contributed by atoms with E-state index in [4.69, 9.17) is 5.73 Å². The van der Waals surface area contributed by atoms with E-state index in [0.29, 0.717) is 0 Å². The van der Waals surface area contributed by atoms with E-state index < -0.39 is 6.67 Å². The van der Waals surface area contributed by atoms with Crippen molar-refractivity contribution >= 4 is 22.5 Å². The summed E-state index contributed by atoms with van der Waals surface area (Å²) in [5.74, 6) is 0.234. The van der Waals surface area contributed by atoms with Crippen LogP contribution >= 0.6 is 0 Å². The lowest BCUT2D eigenvalue weighted by Gasteiger charge is -2.05. The second kappa shape index (κ2) is 5.01. The molecule has 3 aromatic heterocycles. The number of aromatic nitrogens is 6. The highest BCUT2D eigenvalue weighted by Gasteiger charge is 2.13. The zero-order chi connectivity index (χ0) is 16.0. The van der Waals surface area contributed by atoms with Gasteiger partial charge in [-0.25, -0.2) is 18.6 Å².